The van der Waals surface area contributed by atoms with Gasteiger partial charge in [0.2, 0.25) is 0 Å². The number of carbonyl (C=O) groups excluding carboxylic acids is 1. The zero-order valence-electron chi connectivity index (χ0n) is 17.9. The first kappa shape index (κ1) is 35.0. The maximum Gasteiger partial charge on any atom is 0.460 e. The summed E-state index contributed by atoms with van der Waals surface area (Å²) in [6, 6.07) is 0. The van der Waals surface area contributed by atoms with Crippen LogP contribution in [0.2, 0.25) is 0 Å². The summed E-state index contributed by atoms with van der Waals surface area (Å²) in [4.78, 5) is 11.0. The van der Waals surface area contributed by atoms with Crippen LogP contribution in [0, 0.1) is 0 Å². The minimum atomic E-state index is -8.65. The third-order valence-electron chi connectivity index (χ3n) is 4.36. The Balaban J connectivity index is 5.74. The van der Waals surface area contributed by atoms with Crippen LogP contribution in [0.4, 0.5) is 74.6 Å². The van der Waals surface area contributed by atoms with Crippen LogP contribution in [0.15, 0.2) is 12.2 Å². The molecular formula is C17H15F17O3. The van der Waals surface area contributed by atoms with Gasteiger partial charge >= 0.3 is 53.6 Å². The van der Waals surface area contributed by atoms with Gasteiger partial charge in [-0.2, -0.15) is 74.6 Å². The van der Waals surface area contributed by atoms with Gasteiger partial charge < -0.3 is 9.47 Å². The number of ether oxygens (including phenoxy) is 2. The maximum atomic E-state index is 13.6. The lowest BCUT2D eigenvalue weighted by molar-refractivity contribution is -0.462. The summed E-state index contributed by atoms with van der Waals surface area (Å²) in [6.07, 6.45) is -10.8. The topological polar surface area (TPSA) is 35.5 Å². The van der Waals surface area contributed by atoms with Crippen LogP contribution in [0.5, 0.6) is 0 Å². The fourth-order valence-corrected chi connectivity index (χ4v) is 2.10. The van der Waals surface area contributed by atoms with Crippen molar-refractivity contribution in [3.63, 3.8) is 0 Å². The Labute approximate surface area is 195 Å². The van der Waals surface area contributed by atoms with Crippen molar-refractivity contribution >= 4 is 5.97 Å². The Kier molecular flexibility index (Phi) is 10.0. The van der Waals surface area contributed by atoms with Gasteiger partial charge in [0, 0.05) is 25.0 Å². The molecule has 220 valence electrons. The largest absolute Gasteiger partial charge is 0.462 e. The first-order valence-electron chi connectivity index (χ1n) is 9.19. The van der Waals surface area contributed by atoms with Crippen molar-refractivity contribution in [1.82, 2.24) is 0 Å². The van der Waals surface area contributed by atoms with E-state index in [2.05, 4.69) is 16.1 Å². The number of hydrogen-bond donors (Lipinski definition) is 0. The minimum Gasteiger partial charge on any atom is -0.462 e. The molecule has 0 saturated carbocycles. The molecule has 3 nitrogen and oxygen atoms in total. The highest BCUT2D eigenvalue weighted by Gasteiger charge is 2.95. The molecule has 0 amide bonds. The molecule has 0 aromatic rings. The molecule has 0 heterocycles. The van der Waals surface area contributed by atoms with Crippen molar-refractivity contribution < 1.29 is 88.9 Å². The lowest BCUT2D eigenvalue weighted by atomic mass is 9.88. The number of halogens is 17. The highest BCUT2D eigenvalue weighted by Crippen LogP contribution is 2.64. The van der Waals surface area contributed by atoms with E-state index in [1.54, 1.807) is 0 Å². The predicted octanol–water partition coefficient (Wildman–Crippen LogP) is 6.91. The van der Waals surface area contributed by atoms with Crippen LogP contribution < -0.4 is 0 Å². The second-order valence-corrected chi connectivity index (χ2v) is 7.28. The van der Waals surface area contributed by atoms with Gasteiger partial charge in [0.1, 0.15) is 0 Å². The molecule has 0 fully saturated rings. The number of esters is 1. The molecular weight excluding hydrogens is 575 g/mol. The van der Waals surface area contributed by atoms with E-state index >= 15 is 0 Å². The molecule has 0 bridgehead atoms. The highest BCUT2D eigenvalue weighted by atomic mass is 19.4. The minimum absolute atomic E-state index is 0.0778. The zero-order chi connectivity index (χ0) is 30.1. The van der Waals surface area contributed by atoms with E-state index in [0.717, 1.165) is 0 Å². The van der Waals surface area contributed by atoms with Crippen LogP contribution in [0.3, 0.4) is 0 Å². The summed E-state index contributed by atoms with van der Waals surface area (Å²) in [7, 11) is 0. The second kappa shape index (κ2) is 10.6. The molecule has 0 atom stereocenters. The average molecular weight is 590 g/mol. The Morgan fingerprint density at radius 1 is 0.595 bits per heavy atom. The van der Waals surface area contributed by atoms with Gasteiger partial charge in [-0.05, 0) is 6.92 Å². The molecule has 0 spiro atoms. The monoisotopic (exact) mass is 590 g/mol. The summed E-state index contributed by atoms with van der Waals surface area (Å²) >= 11 is 0. The Hall–Kier alpha value is -2.02. The molecule has 0 aromatic heterocycles. The third kappa shape index (κ3) is 6.02. The van der Waals surface area contributed by atoms with Crippen LogP contribution in [0.1, 0.15) is 19.8 Å². The third-order valence-corrected chi connectivity index (χ3v) is 4.36. The van der Waals surface area contributed by atoms with Crippen molar-refractivity contribution in [3.05, 3.63) is 12.2 Å². The standard InChI is InChI=1S/C17H15F17O3/c1-8(2)9(35)37-6-3-5-36-7-4-10(18,19)11(20,21)12(22,23)13(24,25)14(26,27)15(28,29)16(30,31)17(32,33)34/h1,3-7H2,2H3. The van der Waals surface area contributed by atoms with Crippen LogP contribution in [0.25, 0.3) is 0 Å². The molecule has 37 heavy (non-hydrogen) atoms. The van der Waals surface area contributed by atoms with Crippen LogP contribution >= 0.6 is 0 Å². The van der Waals surface area contributed by atoms with Gasteiger partial charge in [0.15, 0.2) is 0 Å². The molecule has 0 unspecified atom stereocenters. The van der Waals surface area contributed by atoms with Crippen molar-refractivity contribution in [3.8, 4) is 0 Å². The normalized spacial score (nSPS) is 15.1. The lowest BCUT2D eigenvalue weighted by Crippen LogP contribution is -2.74. The number of carbonyl (C=O) groups is 1. The Morgan fingerprint density at radius 3 is 1.35 bits per heavy atom. The van der Waals surface area contributed by atoms with E-state index in [1.165, 1.54) is 6.92 Å². The SMILES string of the molecule is C=C(C)C(=O)OCCCOCCC(F)(F)C(F)(F)C(F)(F)C(F)(F)C(F)(F)C(F)(F)C(F)(F)C(F)(F)F. The molecule has 0 aromatic carbocycles. The number of hydrogen-bond acceptors (Lipinski definition) is 3. The van der Waals surface area contributed by atoms with Crippen molar-refractivity contribution in [2.45, 2.75) is 67.4 Å². The molecule has 0 N–H and O–H groups in total. The second-order valence-electron chi connectivity index (χ2n) is 7.28. The number of alkyl halides is 17. The molecule has 0 rings (SSSR count). The van der Waals surface area contributed by atoms with Crippen molar-refractivity contribution in [2.75, 3.05) is 19.8 Å². The van der Waals surface area contributed by atoms with E-state index in [1.807, 2.05) is 0 Å². The molecule has 0 radical (unpaired) electrons. The van der Waals surface area contributed by atoms with Crippen molar-refractivity contribution in [2.24, 2.45) is 0 Å². The fraction of sp³-hybridized carbons (Fsp3) is 0.824. The first-order valence-corrected chi connectivity index (χ1v) is 9.19. The average Bonchev–Trinajstić information content (AvgIpc) is 2.70. The zero-order valence-corrected chi connectivity index (χ0v) is 17.9. The Bertz CT molecular complexity index is 816. The number of rotatable bonds is 14. The quantitative estimate of drug-likeness (QED) is 0.0955. The van der Waals surface area contributed by atoms with Gasteiger partial charge in [0.25, 0.3) is 0 Å². The van der Waals surface area contributed by atoms with E-state index in [9.17, 15) is 79.4 Å². The Morgan fingerprint density at radius 2 is 0.973 bits per heavy atom. The highest BCUT2D eigenvalue weighted by molar-refractivity contribution is 5.86. The van der Waals surface area contributed by atoms with Crippen LogP contribution in [-0.4, -0.2) is 73.4 Å². The molecule has 0 aliphatic heterocycles. The van der Waals surface area contributed by atoms with Gasteiger partial charge in [-0.1, -0.05) is 6.58 Å². The first-order chi connectivity index (χ1) is 16.1. The van der Waals surface area contributed by atoms with E-state index in [0.29, 0.717) is 0 Å². The summed E-state index contributed by atoms with van der Waals surface area (Å²) in [5.74, 6) is -57.4. The molecule has 0 aliphatic rings. The van der Waals surface area contributed by atoms with Gasteiger partial charge in [-0.15, -0.1) is 0 Å². The molecule has 20 heteroatoms. The van der Waals surface area contributed by atoms with Crippen LogP contribution in [-0.2, 0) is 14.3 Å². The lowest BCUT2D eigenvalue weighted by Gasteiger charge is -2.42. The molecule has 0 saturated heterocycles. The smallest absolute Gasteiger partial charge is 0.460 e. The van der Waals surface area contributed by atoms with Gasteiger partial charge in [0.05, 0.1) is 13.2 Å². The van der Waals surface area contributed by atoms with E-state index in [-0.39, 0.29) is 12.0 Å². The molecule has 0 aliphatic carbocycles. The van der Waals surface area contributed by atoms with E-state index in [4.69, 9.17) is 0 Å². The van der Waals surface area contributed by atoms with Crippen molar-refractivity contribution in [1.29, 1.82) is 0 Å². The maximum absolute atomic E-state index is 13.6. The summed E-state index contributed by atoms with van der Waals surface area (Å²) < 4.78 is 232. The van der Waals surface area contributed by atoms with Gasteiger partial charge in [-0.3, -0.25) is 0 Å². The predicted molar refractivity (Wildman–Crippen MR) is 86.5 cm³/mol. The van der Waals surface area contributed by atoms with E-state index < -0.39 is 79.8 Å². The van der Waals surface area contributed by atoms with Gasteiger partial charge in [-0.25, -0.2) is 4.79 Å². The summed E-state index contributed by atoms with van der Waals surface area (Å²) in [5.41, 5.74) is -0.0778. The fourth-order valence-electron chi connectivity index (χ4n) is 2.10. The summed E-state index contributed by atoms with van der Waals surface area (Å²) in [5, 5.41) is 0. The summed E-state index contributed by atoms with van der Waals surface area (Å²) in [6.45, 7) is 1.48.